The standard InChI is InChI=1S/C38H39F7N4O6S/c1-2-5-28-36(55-25-18-29(56-21-25)38(43,44)45,9-4-14-49(28)31(52)26-20-47-13-8-27(26)37(40,41)42)32(53)48-15-11-33(23-46,12-16-48)34-19-24(39)7-10-35(34,22-34)54-17-3-6-30(50)51/h7-8,10,13,18-21,28H,2-6,9,11-12,14-17,22H2,1H3,(H,50,51)/t28-,34?,35?,36+/m1/s1. The van der Waals surface area contributed by atoms with Gasteiger partial charge < -0.3 is 24.4 Å². The zero-order valence-electron chi connectivity index (χ0n) is 30.2. The van der Waals surface area contributed by atoms with E-state index in [9.17, 15) is 45.6 Å². The molecule has 2 aliphatic heterocycles. The zero-order valence-corrected chi connectivity index (χ0v) is 31.0. The highest BCUT2D eigenvalue weighted by molar-refractivity contribution is 7.10. The molecule has 4 atom stereocenters. The van der Waals surface area contributed by atoms with Crippen LogP contribution in [0, 0.1) is 22.2 Å². The fraction of sp³-hybridized carbons (Fsp3) is 0.553. The maximum absolute atomic E-state index is 15.0. The second-order valence-electron chi connectivity index (χ2n) is 14.7. The highest BCUT2D eigenvalue weighted by atomic mass is 32.1. The van der Waals surface area contributed by atoms with Crippen LogP contribution in [0.15, 0.2) is 54.0 Å². The normalized spacial score (nSPS) is 27.2. The molecular weight excluding hydrogens is 773 g/mol. The van der Waals surface area contributed by atoms with Gasteiger partial charge in [-0.3, -0.25) is 19.4 Å². The van der Waals surface area contributed by atoms with Gasteiger partial charge in [0.05, 0.1) is 34.3 Å². The summed E-state index contributed by atoms with van der Waals surface area (Å²) in [6.07, 6.45) is -3.26. The minimum absolute atomic E-state index is 0.0194. The number of allylic oxidation sites excluding steroid dienone is 2. The molecule has 2 saturated heterocycles. The van der Waals surface area contributed by atoms with Crippen molar-refractivity contribution >= 4 is 29.1 Å². The van der Waals surface area contributed by atoms with Crippen molar-refractivity contribution in [2.24, 2.45) is 10.8 Å². The van der Waals surface area contributed by atoms with Gasteiger partial charge >= 0.3 is 18.3 Å². The van der Waals surface area contributed by atoms with Crippen molar-refractivity contribution < 1.29 is 59.7 Å². The molecule has 1 saturated carbocycles. The van der Waals surface area contributed by atoms with Crippen molar-refractivity contribution in [3.8, 4) is 11.8 Å². The molecule has 10 nitrogen and oxygen atoms in total. The minimum atomic E-state index is -4.92. The second kappa shape index (κ2) is 15.1. The highest BCUT2D eigenvalue weighted by Crippen LogP contribution is 2.73. The summed E-state index contributed by atoms with van der Waals surface area (Å²) in [6.45, 7) is 1.52. The first-order chi connectivity index (χ1) is 26.4. The number of carboxylic acids is 1. The highest BCUT2D eigenvalue weighted by Gasteiger charge is 2.76. The molecule has 4 heterocycles. The van der Waals surface area contributed by atoms with Crippen molar-refractivity contribution in [2.75, 3.05) is 26.2 Å². The smallest absolute Gasteiger partial charge is 0.425 e. The molecule has 4 aliphatic rings. The van der Waals surface area contributed by atoms with Gasteiger partial charge in [0.1, 0.15) is 16.5 Å². The van der Waals surface area contributed by atoms with E-state index in [1.54, 1.807) is 6.92 Å². The van der Waals surface area contributed by atoms with E-state index in [1.807, 2.05) is 0 Å². The number of carbonyl (C=O) groups is 3. The Morgan fingerprint density at radius 2 is 1.84 bits per heavy atom. The van der Waals surface area contributed by atoms with Crippen LogP contribution in [0.4, 0.5) is 30.7 Å². The summed E-state index contributed by atoms with van der Waals surface area (Å²) < 4.78 is 111. The first-order valence-electron chi connectivity index (χ1n) is 18.2. The lowest BCUT2D eigenvalue weighted by molar-refractivity contribution is -0.162. The molecule has 1 N–H and O–H groups in total. The number of rotatable bonds is 12. The van der Waals surface area contributed by atoms with Gasteiger partial charge in [-0.15, -0.1) is 11.3 Å². The summed E-state index contributed by atoms with van der Waals surface area (Å²) >= 11 is 0.338. The predicted octanol–water partition coefficient (Wildman–Crippen LogP) is 7.97. The summed E-state index contributed by atoms with van der Waals surface area (Å²) in [4.78, 5) is 45.4. The third-order valence-corrected chi connectivity index (χ3v) is 12.4. The Kier molecular flexibility index (Phi) is 11.1. The van der Waals surface area contributed by atoms with Gasteiger partial charge in [-0.2, -0.15) is 31.6 Å². The van der Waals surface area contributed by atoms with Gasteiger partial charge in [0.15, 0.2) is 0 Å². The van der Waals surface area contributed by atoms with Gasteiger partial charge in [0, 0.05) is 68.3 Å². The number of carboxylic acid groups (broad SMARTS) is 1. The number of hydrogen-bond acceptors (Lipinski definition) is 8. The number of likely N-dealkylation sites (tertiary alicyclic amines) is 2. The molecule has 0 spiro atoms. The van der Waals surface area contributed by atoms with Crippen molar-refractivity contribution in [2.45, 2.75) is 94.3 Å². The predicted molar refractivity (Wildman–Crippen MR) is 186 cm³/mol. The van der Waals surface area contributed by atoms with E-state index in [0.29, 0.717) is 23.8 Å². The maximum Gasteiger partial charge on any atom is 0.425 e. The second-order valence-corrected chi connectivity index (χ2v) is 15.6. The third kappa shape index (κ3) is 7.28. The number of alkyl halides is 6. The number of fused-ring (bicyclic) bond motifs is 1. The van der Waals surface area contributed by atoms with E-state index in [0.717, 1.165) is 28.7 Å². The number of carbonyl (C=O) groups excluding carboxylic acids is 2. The fourth-order valence-corrected chi connectivity index (χ4v) is 9.46. The number of halogens is 7. The van der Waals surface area contributed by atoms with Crippen LogP contribution >= 0.6 is 11.3 Å². The van der Waals surface area contributed by atoms with Crippen LogP contribution in [0.3, 0.4) is 0 Å². The quantitative estimate of drug-likeness (QED) is 0.169. The fourth-order valence-electron chi connectivity index (χ4n) is 8.79. The summed E-state index contributed by atoms with van der Waals surface area (Å²) in [5.41, 5.74) is -7.51. The van der Waals surface area contributed by atoms with Gasteiger partial charge in [-0.25, -0.2) is 4.39 Å². The molecule has 18 heteroatoms. The average molecular weight is 813 g/mol. The summed E-state index contributed by atoms with van der Waals surface area (Å²) in [7, 11) is 0. The van der Waals surface area contributed by atoms with E-state index in [1.165, 1.54) is 23.1 Å². The Morgan fingerprint density at radius 1 is 1.11 bits per heavy atom. The number of aromatic nitrogens is 1. The largest absolute Gasteiger partial charge is 0.481 e. The van der Waals surface area contributed by atoms with Gasteiger partial charge in [-0.05, 0) is 62.8 Å². The topological polar surface area (TPSA) is 133 Å². The number of thiophene rings is 1. The number of aliphatic carboxylic acids is 1. The number of nitrogens with zero attached hydrogens (tertiary/aromatic N) is 4. The lowest BCUT2D eigenvalue weighted by Gasteiger charge is -2.51. The summed E-state index contributed by atoms with van der Waals surface area (Å²) in [5, 5.41) is 20.8. The average Bonchev–Trinajstić information content (AvgIpc) is 3.58. The molecule has 2 unspecified atom stereocenters. The molecule has 2 aromatic heterocycles. The molecule has 0 radical (unpaired) electrons. The molecular formula is C38H39F7N4O6S. The van der Waals surface area contributed by atoms with Gasteiger partial charge in [-0.1, -0.05) is 13.3 Å². The van der Waals surface area contributed by atoms with E-state index in [2.05, 4.69) is 11.1 Å². The van der Waals surface area contributed by atoms with Crippen LogP contribution in [-0.4, -0.2) is 81.2 Å². The van der Waals surface area contributed by atoms with Crippen LogP contribution < -0.4 is 4.74 Å². The third-order valence-electron chi connectivity index (χ3n) is 11.5. The number of hydrogen-bond donors (Lipinski definition) is 1. The molecule has 302 valence electrons. The van der Waals surface area contributed by atoms with Crippen LogP contribution in [0.1, 0.15) is 85.5 Å². The lowest BCUT2D eigenvalue weighted by Crippen LogP contribution is -2.68. The molecule has 0 aromatic carbocycles. The molecule has 2 amide bonds. The summed E-state index contributed by atoms with van der Waals surface area (Å²) in [5.74, 6) is -3.68. The minimum Gasteiger partial charge on any atom is -0.481 e. The summed E-state index contributed by atoms with van der Waals surface area (Å²) in [6, 6.07) is 2.55. The Bertz CT molecular complexity index is 1950. The maximum atomic E-state index is 15.0. The van der Waals surface area contributed by atoms with Crippen LogP contribution in [0.25, 0.3) is 0 Å². The Hall–Kier alpha value is -4.50. The number of ether oxygens (including phenoxy) is 2. The monoisotopic (exact) mass is 812 g/mol. The van der Waals surface area contributed by atoms with Crippen molar-refractivity contribution in [1.29, 1.82) is 5.26 Å². The van der Waals surface area contributed by atoms with Crippen molar-refractivity contribution in [3.63, 3.8) is 0 Å². The molecule has 56 heavy (non-hydrogen) atoms. The van der Waals surface area contributed by atoms with E-state index in [4.69, 9.17) is 14.6 Å². The van der Waals surface area contributed by atoms with Gasteiger partial charge in [0.25, 0.3) is 11.8 Å². The van der Waals surface area contributed by atoms with Crippen molar-refractivity contribution in [3.05, 3.63) is 70.0 Å². The number of nitriles is 1. The van der Waals surface area contributed by atoms with Crippen LogP contribution in [0.2, 0.25) is 0 Å². The van der Waals surface area contributed by atoms with Crippen LogP contribution in [-0.2, 0) is 26.7 Å². The molecule has 6 rings (SSSR count). The first-order valence-corrected chi connectivity index (χ1v) is 19.1. The van der Waals surface area contributed by atoms with Gasteiger partial charge in [0.2, 0.25) is 5.60 Å². The Balaban J connectivity index is 1.33. The van der Waals surface area contributed by atoms with Crippen LogP contribution in [0.5, 0.6) is 5.75 Å². The molecule has 2 aromatic rings. The van der Waals surface area contributed by atoms with E-state index in [-0.39, 0.29) is 83.4 Å². The zero-order chi connectivity index (χ0) is 40.7. The lowest BCUT2D eigenvalue weighted by atomic mass is 9.64. The number of pyridine rings is 1. The van der Waals surface area contributed by atoms with E-state index < -0.39 is 80.0 Å². The van der Waals surface area contributed by atoms with E-state index >= 15 is 4.79 Å². The number of piperidine rings is 2. The van der Waals surface area contributed by atoms with Crippen molar-refractivity contribution in [1.82, 2.24) is 14.8 Å². The Labute approximate surface area is 321 Å². The number of amides is 2. The molecule has 3 fully saturated rings. The Morgan fingerprint density at radius 3 is 2.46 bits per heavy atom. The SMILES string of the molecule is CCC[C@H]1N(C(=O)c2cnccc2C(F)(F)F)CCC[C@@]1(Oc1csc(C(F)(F)F)c1)C(=O)N1CCC(C#N)(C23C=C(F)C=CC2(OCCCC(=O)O)C3)CC1. The molecule has 2 aliphatic carbocycles. The molecule has 0 bridgehead atoms. The first kappa shape index (κ1) is 41.1.